The predicted octanol–water partition coefficient (Wildman–Crippen LogP) is 4.90. The monoisotopic (exact) mass is 569 g/mol. The summed E-state index contributed by atoms with van der Waals surface area (Å²) in [5.41, 5.74) is 1.63. The standard InChI is InChI=1S/C31H41F2N5O3/c1-5-8-29(36-20-34)35-10-9-28(39)27(17-22-15-25(32)19-26(33)16-22)37-30(40)23-13-21(4)14-24(18-23)31(41)38(11-6-2)12-7-3/h13-16,18-19,27-28,39H,5-12,17H2,1-4H3,(H,35,36)(H,37,40). The number of aryl methyl sites for hydroxylation is 1. The highest BCUT2D eigenvalue weighted by molar-refractivity contribution is 6.00. The van der Waals surface area contributed by atoms with E-state index in [9.17, 15) is 23.5 Å². The first-order valence-electron chi connectivity index (χ1n) is 14.2. The molecule has 0 fully saturated rings. The van der Waals surface area contributed by atoms with Crippen LogP contribution in [0.2, 0.25) is 0 Å². The van der Waals surface area contributed by atoms with Gasteiger partial charge in [0.15, 0.2) is 0 Å². The van der Waals surface area contributed by atoms with E-state index < -0.39 is 29.7 Å². The molecule has 2 aromatic carbocycles. The molecule has 0 heterocycles. The third-order valence-electron chi connectivity index (χ3n) is 6.46. The normalized spacial score (nSPS) is 12.8. The SMILES string of the molecule is CCC/C(=N\C#N)NCCC(O)C(Cc1cc(F)cc(F)c1)NC(=O)c1cc(C)cc(C(=O)N(CCC)CCC)c1. The molecule has 2 amide bonds. The maximum atomic E-state index is 13.9. The summed E-state index contributed by atoms with van der Waals surface area (Å²) in [4.78, 5) is 32.1. The molecule has 0 radical (unpaired) electrons. The Kier molecular flexibility index (Phi) is 13.9. The van der Waals surface area contributed by atoms with Crippen LogP contribution in [0.15, 0.2) is 41.4 Å². The van der Waals surface area contributed by atoms with E-state index in [4.69, 9.17) is 5.26 Å². The number of rotatable bonds is 15. The zero-order valence-electron chi connectivity index (χ0n) is 24.3. The smallest absolute Gasteiger partial charge is 0.253 e. The molecule has 0 aliphatic rings. The van der Waals surface area contributed by atoms with Crippen LogP contribution in [-0.2, 0) is 6.42 Å². The quantitative estimate of drug-likeness (QED) is 0.160. The Balaban J connectivity index is 2.29. The Morgan fingerprint density at radius 3 is 2.22 bits per heavy atom. The first-order valence-corrected chi connectivity index (χ1v) is 14.2. The van der Waals surface area contributed by atoms with Crippen molar-refractivity contribution >= 4 is 17.6 Å². The molecular weight excluding hydrogens is 528 g/mol. The van der Waals surface area contributed by atoms with Crippen LogP contribution >= 0.6 is 0 Å². The minimum atomic E-state index is -1.10. The zero-order valence-corrected chi connectivity index (χ0v) is 24.3. The fourth-order valence-corrected chi connectivity index (χ4v) is 4.64. The van der Waals surface area contributed by atoms with Gasteiger partial charge in [0.1, 0.15) is 17.5 Å². The molecule has 0 spiro atoms. The van der Waals surface area contributed by atoms with Gasteiger partial charge < -0.3 is 20.6 Å². The minimum absolute atomic E-state index is 0.0337. The largest absolute Gasteiger partial charge is 0.391 e. The molecular formula is C31H41F2N5O3. The summed E-state index contributed by atoms with van der Waals surface area (Å²) in [7, 11) is 0. The number of nitrogens with zero attached hydrogens (tertiary/aromatic N) is 3. The highest BCUT2D eigenvalue weighted by Gasteiger charge is 2.24. The number of aliphatic hydroxyl groups excluding tert-OH is 1. The first kappa shape index (κ1) is 33.4. The van der Waals surface area contributed by atoms with E-state index in [1.807, 2.05) is 20.8 Å². The Hall–Kier alpha value is -3.84. The lowest BCUT2D eigenvalue weighted by Crippen LogP contribution is -2.46. The third-order valence-corrected chi connectivity index (χ3v) is 6.46. The van der Waals surface area contributed by atoms with Gasteiger partial charge >= 0.3 is 0 Å². The molecule has 2 rings (SSSR count). The van der Waals surface area contributed by atoms with Gasteiger partial charge in [0, 0.05) is 43.2 Å². The summed E-state index contributed by atoms with van der Waals surface area (Å²) in [6, 6.07) is 7.10. The van der Waals surface area contributed by atoms with Crippen molar-refractivity contribution in [2.24, 2.45) is 4.99 Å². The van der Waals surface area contributed by atoms with Crippen LogP contribution in [0.4, 0.5) is 8.78 Å². The molecule has 3 N–H and O–H groups in total. The number of carbonyl (C=O) groups excluding carboxylic acids is 2. The second kappa shape index (κ2) is 17.1. The van der Waals surface area contributed by atoms with Crippen molar-refractivity contribution in [3.63, 3.8) is 0 Å². The molecule has 0 bridgehead atoms. The van der Waals surface area contributed by atoms with E-state index in [0.29, 0.717) is 30.9 Å². The molecule has 10 heteroatoms. The average Bonchev–Trinajstić information content (AvgIpc) is 2.91. The van der Waals surface area contributed by atoms with Crippen molar-refractivity contribution in [3.8, 4) is 6.19 Å². The number of carbonyl (C=O) groups is 2. The topological polar surface area (TPSA) is 118 Å². The second-order valence-corrected chi connectivity index (χ2v) is 10.1. The Morgan fingerprint density at radius 2 is 1.63 bits per heavy atom. The van der Waals surface area contributed by atoms with Gasteiger partial charge in [-0.1, -0.05) is 20.8 Å². The summed E-state index contributed by atoms with van der Waals surface area (Å²) in [6.45, 7) is 9.21. The Morgan fingerprint density at radius 1 is 1.00 bits per heavy atom. The number of aliphatic imine (C=N–C) groups is 1. The molecule has 0 aliphatic heterocycles. The van der Waals surface area contributed by atoms with Gasteiger partial charge in [-0.25, -0.2) is 8.78 Å². The molecule has 0 saturated heterocycles. The fraction of sp³-hybridized carbons (Fsp3) is 0.484. The molecule has 2 aromatic rings. The van der Waals surface area contributed by atoms with Gasteiger partial charge in [-0.2, -0.15) is 10.3 Å². The molecule has 41 heavy (non-hydrogen) atoms. The predicted molar refractivity (Wildman–Crippen MR) is 156 cm³/mol. The van der Waals surface area contributed by atoms with Crippen LogP contribution in [0.3, 0.4) is 0 Å². The fourth-order valence-electron chi connectivity index (χ4n) is 4.64. The Labute approximate surface area is 241 Å². The molecule has 0 aromatic heterocycles. The maximum Gasteiger partial charge on any atom is 0.253 e. The number of nitrogens with one attached hydrogen (secondary N) is 2. The van der Waals surface area contributed by atoms with E-state index in [0.717, 1.165) is 43.0 Å². The van der Waals surface area contributed by atoms with E-state index in [1.54, 1.807) is 30.1 Å². The number of benzene rings is 2. The average molecular weight is 570 g/mol. The van der Waals surface area contributed by atoms with Crippen LogP contribution in [0.25, 0.3) is 0 Å². The van der Waals surface area contributed by atoms with Crippen molar-refractivity contribution in [1.29, 1.82) is 5.26 Å². The summed E-state index contributed by atoms with van der Waals surface area (Å²) in [5, 5.41) is 25.8. The van der Waals surface area contributed by atoms with Crippen molar-refractivity contribution in [1.82, 2.24) is 15.5 Å². The van der Waals surface area contributed by atoms with Gasteiger partial charge in [0.25, 0.3) is 11.8 Å². The molecule has 2 unspecified atom stereocenters. The summed E-state index contributed by atoms with van der Waals surface area (Å²) in [6.07, 6.45) is 3.73. The van der Waals surface area contributed by atoms with E-state index in [2.05, 4.69) is 15.6 Å². The van der Waals surface area contributed by atoms with Crippen LogP contribution in [0.5, 0.6) is 0 Å². The van der Waals surface area contributed by atoms with Gasteiger partial charge in [-0.15, -0.1) is 0 Å². The lowest BCUT2D eigenvalue weighted by molar-refractivity contribution is 0.0755. The summed E-state index contributed by atoms with van der Waals surface area (Å²) < 4.78 is 27.8. The number of halogens is 2. The number of hydrogen-bond donors (Lipinski definition) is 3. The minimum Gasteiger partial charge on any atom is -0.391 e. The van der Waals surface area contributed by atoms with E-state index in [-0.39, 0.29) is 36.4 Å². The highest BCUT2D eigenvalue weighted by atomic mass is 19.1. The first-order chi connectivity index (χ1) is 19.6. The van der Waals surface area contributed by atoms with Gasteiger partial charge in [-0.05, 0) is 80.5 Å². The number of amidine groups is 1. The van der Waals surface area contributed by atoms with Crippen molar-refractivity contribution < 1.29 is 23.5 Å². The van der Waals surface area contributed by atoms with Gasteiger partial charge in [-0.3, -0.25) is 9.59 Å². The molecule has 0 saturated carbocycles. The molecule has 0 aliphatic carbocycles. The molecule has 222 valence electrons. The number of aliphatic hydroxyl groups is 1. The summed E-state index contributed by atoms with van der Waals surface area (Å²) >= 11 is 0. The Bertz CT molecular complexity index is 1220. The van der Waals surface area contributed by atoms with E-state index >= 15 is 0 Å². The van der Waals surface area contributed by atoms with Crippen molar-refractivity contribution in [2.45, 2.75) is 78.4 Å². The zero-order chi connectivity index (χ0) is 30.4. The highest BCUT2D eigenvalue weighted by Crippen LogP contribution is 2.16. The van der Waals surface area contributed by atoms with Crippen molar-refractivity contribution in [2.75, 3.05) is 19.6 Å². The molecule has 2 atom stereocenters. The second-order valence-electron chi connectivity index (χ2n) is 10.1. The lowest BCUT2D eigenvalue weighted by atomic mass is 9.97. The number of nitriles is 1. The van der Waals surface area contributed by atoms with Gasteiger partial charge in [0.2, 0.25) is 6.19 Å². The van der Waals surface area contributed by atoms with Crippen molar-refractivity contribution in [3.05, 3.63) is 70.3 Å². The lowest BCUT2D eigenvalue weighted by Gasteiger charge is -2.25. The van der Waals surface area contributed by atoms with Gasteiger partial charge in [0.05, 0.1) is 12.1 Å². The number of hydrogen-bond acceptors (Lipinski definition) is 5. The van der Waals surface area contributed by atoms with Crippen LogP contribution < -0.4 is 10.6 Å². The number of amides is 2. The molecule has 8 nitrogen and oxygen atoms in total. The maximum absolute atomic E-state index is 13.9. The summed E-state index contributed by atoms with van der Waals surface area (Å²) in [5.74, 6) is -1.71. The van der Waals surface area contributed by atoms with Crippen LogP contribution in [0, 0.1) is 30.0 Å². The van der Waals surface area contributed by atoms with E-state index in [1.165, 1.54) is 6.07 Å². The van der Waals surface area contributed by atoms with Crippen LogP contribution in [0.1, 0.15) is 84.7 Å². The third kappa shape index (κ3) is 10.9. The van der Waals surface area contributed by atoms with Crippen LogP contribution in [-0.4, -0.2) is 59.4 Å².